The molecule has 0 aromatic rings. The third-order valence-electron chi connectivity index (χ3n) is 0.548. The van der Waals surface area contributed by atoms with Gasteiger partial charge in [-0.1, -0.05) is 0 Å². The Bertz CT molecular complexity index is 53.6. The van der Waals surface area contributed by atoms with Gasteiger partial charge < -0.3 is 9.96 Å². The maximum Gasteiger partial charge on any atom is 0.0879 e. The largest absolute Gasteiger partial charge is 0.870 e. The van der Waals surface area contributed by atoms with Gasteiger partial charge in [-0.25, -0.2) is 0 Å². The summed E-state index contributed by atoms with van der Waals surface area (Å²) in [5.41, 5.74) is 0. The fourth-order valence-corrected chi connectivity index (χ4v) is 0. The van der Waals surface area contributed by atoms with Crippen molar-refractivity contribution >= 4 is 0 Å². The molecule has 0 amide bonds. The molecule has 0 aromatic heterocycles. The van der Waals surface area contributed by atoms with Crippen molar-refractivity contribution < 1.29 is 9.96 Å². The van der Waals surface area contributed by atoms with Crippen LogP contribution >= 0.6 is 0 Å². The third-order valence-corrected chi connectivity index (χ3v) is 0.548. The van der Waals surface area contributed by atoms with Gasteiger partial charge in [-0.2, -0.15) is 0 Å². The molecule has 1 N–H and O–H groups in total. The van der Waals surface area contributed by atoms with Crippen molar-refractivity contribution in [2.45, 2.75) is 0 Å². The van der Waals surface area contributed by atoms with Crippen molar-refractivity contribution in [3.05, 3.63) is 12.8 Å². The molecule has 0 atom stereocenters. The Hall–Kier alpha value is -0.340. The lowest BCUT2D eigenvalue weighted by Crippen LogP contribution is -2.25. The summed E-state index contributed by atoms with van der Waals surface area (Å²) < 4.78 is 0.833. The second-order valence-corrected chi connectivity index (χ2v) is 2.30. The van der Waals surface area contributed by atoms with E-state index in [0.29, 0.717) is 0 Å². The lowest BCUT2D eigenvalue weighted by atomic mass is 10.7. The SMILES string of the molecule is C=C[N+](C)(C)C.[OH-]. The number of rotatable bonds is 1. The highest BCUT2D eigenvalue weighted by Crippen LogP contribution is 1.85. The molecular weight excluding hydrogens is 90.1 g/mol. The lowest BCUT2D eigenvalue weighted by molar-refractivity contribution is -0.816. The zero-order valence-corrected chi connectivity index (χ0v) is 5.18. The summed E-state index contributed by atoms with van der Waals surface area (Å²) in [5.74, 6) is 0. The van der Waals surface area contributed by atoms with E-state index in [2.05, 4.69) is 27.7 Å². The van der Waals surface area contributed by atoms with Crippen LogP contribution in [-0.4, -0.2) is 31.1 Å². The molecule has 0 aliphatic carbocycles. The molecule has 0 unspecified atom stereocenters. The molecule has 0 spiro atoms. The molecule has 0 radical (unpaired) electrons. The first kappa shape index (κ1) is 9.83. The molecule has 0 aliphatic heterocycles. The van der Waals surface area contributed by atoms with Gasteiger partial charge in [0.25, 0.3) is 0 Å². The second kappa shape index (κ2) is 2.77. The lowest BCUT2D eigenvalue weighted by Gasteiger charge is -2.15. The standard InChI is InChI=1S/C5H12N.H2O/c1-5-6(2,3)4;/h5H,1H2,2-4H3;1H2/q+1;/p-1. The smallest absolute Gasteiger partial charge is 0.0879 e. The summed E-state index contributed by atoms with van der Waals surface area (Å²) in [6.45, 7) is 3.60. The predicted molar refractivity (Wildman–Crippen MR) is 30.2 cm³/mol. The van der Waals surface area contributed by atoms with Gasteiger partial charge in [-0.3, -0.25) is 0 Å². The molecule has 0 heterocycles. The maximum absolute atomic E-state index is 3.60. The Balaban J connectivity index is 0. The van der Waals surface area contributed by atoms with E-state index in [1.807, 2.05) is 6.20 Å². The number of hydrogen-bond donors (Lipinski definition) is 0. The van der Waals surface area contributed by atoms with Gasteiger partial charge in [-0.15, -0.1) is 0 Å². The molecule has 0 fully saturated rings. The summed E-state index contributed by atoms with van der Waals surface area (Å²) in [6.07, 6.45) is 1.88. The van der Waals surface area contributed by atoms with Crippen LogP contribution in [0.2, 0.25) is 0 Å². The van der Waals surface area contributed by atoms with E-state index in [4.69, 9.17) is 0 Å². The van der Waals surface area contributed by atoms with Crippen LogP contribution in [0.25, 0.3) is 0 Å². The molecular formula is C5H13NO. The second-order valence-electron chi connectivity index (χ2n) is 2.30. The van der Waals surface area contributed by atoms with Crippen molar-refractivity contribution in [3.63, 3.8) is 0 Å². The van der Waals surface area contributed by atoms with Crippen LogP contribution in [0, 0.1) is 0 Å². The third kappa shape index (κ3) is 10.7. The summed E-state index contributed by atoms with van der Waals surface area (Å²) in [5, 5.41) is 0. The average Bonchev–Trinajstić information content (AvgIpc) is 1.35. The highest BCUT2D eigenvalue weighted by Gasteiger charge is 1.94. The van der Waals surface area contributed by atoms with E-state index in [1.165, 1.54) is 0 Å². The molecule has 2 nitrogen and oxygen atoms in total. The van der Waals surface area contributed by atoms with Crippen LogP contribution in [-0.2, 0) is 0 Å². The highest BCUT2D eigenvalue weighted by atomic mass is 16.0. The quantitative estimate of drug-likeness (QED) is 0.448. The van der Waals surface area contributed by atoms with Crippen LogP contribution in [0.3, 0.4) is 0 Å². The van der Waals surface area contributed by atoms with Gasteiger partial charge in [0.05, 0.1) is 27.3 Å². The fourth-order valence-electron chi connectivity index (χ4n) is 0. The average molecular weight is 103 g/mol. The van der Waals surface area contributed by atoms with E-state index in [-0.39, 0.29) is 5.48 Å². The molecule has 0 saturated heterocycles. The van der Waals surface area contributed by atoms with E-state index >= 15 is 0 Å². The van der Waals surface area contributed by atoms with Gasteiger partial charge in [0.1, 0.15) is 0 Å². The Labute approximate surface area is 45.0 Å². The highest BCUT2D eigenvalue weighted by molar-refractivity contribution is 4.46. The Morgan fingerprint density at radius 1 is 1.29 bits per heavy atom. The van der Waals surface area contributed by atoms with Crippen molar-refractivity contribution in [2.24, 2.45) is 0 Å². The summed E-state index contributed by atoms with van der Waals surface area (Å²) in [6, 6.07) is 0. The monoisotopic (exact) mass is 103 g/mol. The normalized spacial score (nSPS) is 9.57. The Morgan fingerprint density at radius 2 is 1.43 bits per heavy atom. The fraction of sp³-hybridized carbons (Fsp3) is 0.600. The van der Waals surface area contributed by atoms with Crippen molar-refractivity contribution in [2.75, 3.05) is 21.1 Å². The van der Waals surface area contributed by atoms with Crippen LogP contribution < -0.4 is 0 Å². The molecule has 0 saturated carbocycles. The van der Waals surface area contributed by atoms with E-state index in [0.717, 1.165) is 4.48 Å². The number of hydrogen-bond acceptors (Lipinski definition) is 1. The minimum absolute atomic E-state index is 0. The Morgan fingerprint density at radius 3 is 1.43 bits per heavy atom. The molecule has 2 heteroatoms. The Kier molecular flexibility index (Phi) is 3.89. The van der Waals surface area contributed by atoms with Gasteiger partial charge >= 0.3 is 0 Å². The molecule has 44 valence electrons. The first-order valence-electron chi connectivity index (χ1n) is 2.01. The molecule has 0 bridgehead atoms. The van der Waals surface area contributed by atoms with Gasteiger partial charge in [0, 0.05) is 0 Å². The van der Waals surface area contributed by atoms with Gasteiger partial charge in [0.15, 0.2) is 0 Å². The van der Waals surface area contributed by atoms with Crippen molar-refractivity contribution in [1.29, 1.82) is 0 Å². The summed E-state index contributed by atoms with van der Waals surface area (Å²) in [4.78, 5) is 0. The van der Waals surface area contributed by atoms with Crippen LogP contribution in [0.15, 0.2) is 12.8 Å². The molecule has 7 heavy (non-hydrogen) atoms. The summed E-state index contributed by atoms with van der Waals surface area (Å²) >= 11 is 0. The zero-order valence-electron chi connectivity index (χ0n) is 5.18. The van der Waals surface area contributed by atoms with Crippen LogP contribution in [0.1, 0.15) is 0 Å². The predicted octanol–water partition coefficient (Wildman–Crippen LogP) is 0.659. The van der Waals surface area contributed by atoms with E-state index < -0.39 is 0 Å². The minimum atomic E-state index is 0. The number of nitrogens with zero attached hydrogens (tertiary/aromatic N) is 1. The minimum Gasteiger partial charge on any atom is -0.870 e. The van der Waals surface area contributed by atoms with Crippen LogP contribution in [0.5, 0.6) is 0 Å². The van der Waals surface area contributed by atoms with E-state index in [1.54, 1.807) is 0 Å². The zero-order chi connectivity index (χ0) is 5.21. The molecule has 0 rings (SSSR count). The van der Waals surface area contributed by atoms with Crippen LogP contribution in [0.4, 0.5) is 0 Å². The number of quaternary nitrogens is 1. The molecule has 0 aliphatic rings. The van der Waals surface area contributed by atoms with E-state index in [9.17, 15) is 0 Å². The summed E-state index contributed by atoms with van der Waals surface area (Å²) in [7, 11) is 6.19. The topological polar surface area (TPSA) is 30.0 Å². The van der Waals surface area contributed by atoms with Crippen molar-refractivity contribution in [1.82, 2.24) is 0 Å². The van der Waals surface area contributed by atoms with Gasteiger partial charge in [0.2, 0.25) is 0 Å². The first-order chi connectivity index (χ1) is 2.56. The van der Waals surface area contributed by atoms with Crippen molar-refractivity contribution in [3.8, 4) is 0 Å². The first-order valence-corrected chi connectivity index (χ1v) is 2.01. The van der Waals surface area contributed by atoms with Gasteiger partial charge in [-0.05, 0) is 6.58 Å². The maximum atomic E-state index is 3.60. The molecule has 0 aromatic carbocycles.